The van der Waals surface area contributed by atoms with E-state index in [2.05, 4.69) is 9.97 Å². The maximum absolute atomic E-state index is 12.9. The number of rotatable bonds is 3. The van der Waals surface area contributed by atoms with Gasteiger partial charge in [-0.2, -0.15) is 17.5 Å². The van der Waals surface area contributed by atoms with Crippen molar-refractivity contribution in [1.82, 2.24) is 14.3 Å². The van der Waals surface area contributed by atoms with E-state index in [0.717, 1.165) is 37.1 Å². The molecule has 1 aliphatic carbocycles. The van der Waals surface area contributed by atoms with Gasteiger partial charge in [0.25, 0.3) is 0 Å². The number of aryl methyl sites for hydroxylation is 2. The third-order valence-electron chi connectivity index (χ3n) is 5.16. The third kappa shape index (κ3) is 3.58. The van der Waals surface area contributed by atoms with Gasteiger partial charge in [0.05, 0.1) is 4.90 Å². The van der Waals surface area contributed by atoms with Crippen LogP contribution in [0.2, 0.25) is 0 Å². The molecular weight excluding hydrogens is 393 g/mol. The van der Waals surface area contributed by atoms with Crippen LogP contribution in [-0.4, -0.2) is 48.9 Å². The molecule has 1 aromatic heterocycles. The standard InChI is InChI=1S/C18H19F3N4O2S/c19-18(20,21)16-6-7-22-17(23-16)24-8-10-25(11-9-24)28(26,27)15-5-4-13-2-1-3-14(13)12-15/h4-7,12H,1-3,8-11H2. The number of fused-ring (bicyclic) bond motifs is 1. The smallest absolute Gasteiger partial charge is 0.338 e. The van der Waals surface area contributed by atoms with E-state index < -0.39 is 21.9 Å². The van der Waals surface area contributed by atoms with Crippen LogP contribution in [0, 0.1) is 0 Å². The van der Waals surface area contributed by atoms with E-state index in [1.165, 1.54) is 9.87 Å². The van der Waals surface area contributed by atoms with Gasteiger partial charge in [0.2, 0.25) is 16.0 Å². The lowest BCUT2D eigenvalue weighted by Gasteiger charge is -2.34. The SMILES string of the molecule is O=S(=O)(c1ccc2c(c1)CCC2)N1CCN(c2nccc(C(F)(F)F)n2)CC1. The molecule has 2 heterocycles. The molecule has 6 nitrogen and oxygen atoms in total. The molecule has 0 atom stereocenters. The first kappa shape index (κ1) is 19.1. The Balaban J connectivity index is 1.48. The lowest BCUT2D eigenvalue weighted by molar-refractivity contribution is -0.141. The molecule has 1 fully saturated rings. The number of aromatic nitrogens is 2. The molecule has 0 amide bonds. The first-order valence-corrected chi connectivity index (χ1v) is 10.5. The second kappa shape index (κ2) is 7.00. The molecule has 10 heteroatoms. The molecule has 150 valence electrons. The summed E-state index contributed by atoms with van der Waals surface area (Å²) in [6.45, 7) is 0.787. The summed E-state index contributed by atoms with van der Waals surface area (Å²) in [5, 5.41) is 0. The number of piperazine rings is 1. The van der Waals surface area contributed by atoms with E-state index in [9.17, 15) is 21.6 Å². The molecule has 0 unspecified atom stereocenters. The van der Waals surface area contributed by atoms with Crippen molar-refractivity contribution >= 4 is 16.0 Å². The Morgan fingerprint density at radius 2 is 1.68 bits per heavy atom. The van der Waals surface area contributed by atoms with E-state index in [1.54, 1.807) is 17.0 Å². The van der Waals surface area contributed by atoms with Crippen LogP contribution in [0.3, 0.4) is 0 Å². The van der Waals surface area contributed by atoms with Crippen LogP contribution in [0.25, 0.3) is 0 Å². The van der Waals surface area contributed by atoms with E-state index in [1.807, 2.05) is 6.07 Å². The van der Waals surface area contributed by atoms with Gasteiger partial charge < -0.3 is 4.90 Å². The zero-order valence-corrected chi connectivity index (χ0v) is 15.8. The van der Waals surface area contributed by atoms with E-state index in [4.69, 9.17) is 0 Å². The second-order valence-electron chi connectivity index (χ2n) is 6.91. The fourth-order valence-corrected chi connectivity index (χ4v) is 5.12. The summed E-state index contributed by atoms with van der Waals surface area (Å²) >= 11 is 0. The van der Waals surface area contributed by atoms with Gasteiger partial charge >= 0.3 is 6.18 Å². The fourth-order valence-electron chi connectivity index (χ4n) is 3.64. The summed E-state index contributed by atoms with van der Waals surface area (Å²) in [4.78, 5) is 9.33. The molecule has 4 rings (SSSR count). The largest absolute Gasteiger partial charge is 0.433 e. The lowest BCUT2D eigenvalue weighted by atomic mass is 10.1. The van der Waals surface area contributed by atoms with Gasteiger partial charge in [0, 0.05) is 32.4 Å². The van der Waals surface area contributed by atoms with Crippen molar-refractivity contribution < 1.29 is 21.6 Å². The highest BCUT2D eigenvalue weighted by atomic mass is 32.2. The molecule has 2 aromatic rings. The fraction of sp³-hybridized carbons (Fsp3) is 0.444. The Morgan fingerprint density at radius 1 is 0.964 bits per heavy atom. The molecule has 2 aliphatic rings. The zero-order chi connectivity index (χ0) is 19.9. The van der Waals surface area contributed by atoms with Crippen LogP contribution in [-0.2, 0) is 29.0 Å². The molecule has 28 heavy (non-hydrogen) atoms. The molecule has 0 saturated carbocycles. The maximum Gasteiger partial charge on any atom is 0.433 e. The van der Waals surface area contributed by atoms with Crippen LogP contribution in [0.5, 0.6) is 0 Å². The van der Waals surface area contributed by atoms with Crippen molar-refractivity contribution in [3.63, 3.8) is 0 Å². The molecule has 0 spiro atoms. The molecule has 0 N–H and O–H groups in total. The van der Waals surface area contributed by atoms with Crippen molar-refractivity contribution in [2.24, 2.45) is 0 Å². The average Bonchev–Trinajstić information content (AvgIpc) is 3.15. The van der Waals surface area contributed by atoms with E-state index >= 15 is 0 Å². The quantitative estimate of drug-likeness (QED) is 0.775. The van der Waals surface area contributed by atoms with Gasteiger partial charge in [0.1, 0.15) is 5.69 Å². The van der Waals surface area contributed by atoms with Gasteiger partial charge in [-0.25, -0.2) is 18.4 Å². The first-order valence-electron chi connectivity index (χ1n) is 9.02. The van der Waals surface area contributed by atoms with Gasteiger partial charge in [-0.1, -0.05) is 6.07 Å². The van der Waals surface area contributed by atoms with Crippen molar-refractivity contribution in [3.05, 3.63) is 47.3 Å². The highest BCUT2D eigenvalue weighted by Gasteiger charge is 2.34. The Hall–Kier alpha value is -2.20. The van der Waals surface area contributed by atoms with Crippen LogP contribution >= 0.6 is 0 Å². The monoisotopic (exact) mass is 412 g/mol. The van der Waals surface area contributed by atoms with Crippen molar-refractivity contribution in [2.45, 2.75) is 30.3 Å². The predicted octanol–water partition coefficient (Wildman–Crippen LogP) is 2.50. The number of halogens is 3. The van der Waals surface area contributed by atoms with Crippen LogP contribution in [0.15, 0.2) is 35.4 Å². The highest BCUT2D eigenvalue weighted by molar-refractivity contribution is 7.89. The van der Waals surface area contributed by atoms with E-state index in [-0.39, 0.29) is 37.0 Å². The zero-order valence-electron chi connectivity index (χ0n) is 15.0. The summed E-state index contributed by atoms with van der Waals surface area (Å²) in [6.07, 6.45) is -0.575. The maximum atomic E-state index is 12.9. The van der Waals surface area contributed by atoms with Gasteiger partial charge in [0.15, 0.2) is 0 Å². The number of hydrogen-bond acceptors (Lipinski definition) is 5. The Morgan fingerprint density at radius 3 is 2.39 bits per heavy atom. The summed E-state index contributed by atoms with van der Waals surface area (Å²) in [7, 11) is -3.63. The van der Waals surface area contributed by atoms with Crippen molar-refractivity contribution in [1.29, 1.82) is 0 Å². The second-order valence-corrected chi connectivity index (χ2v) is 8.85. The van der Waals surface area contributed by atoms with Crippen molar-refractivity contribution in [2.75, 3.05) is 31.1 Å². The summed E-state index contributed by atoms with van der Waals surface area (Å²) in [5.41, 5.74) is 1.27. The van der Waals surface area contributed by atoms with Gasteiger partial charge in [-0.05, 0) is 48.6 Å². The average molecular weight is 412 g/mol. The van der Waals surface area contributed by atoms with E-state index in [0.29, 0.717) is 0 Å². The van der Waals surface area contributed by atoms with Crippen LogP contribution in [0.4, 0.5) is 19.1 Å². The predicted molar refractivity (Wildman–Crippen MR) is 96.5 cm³/mol. The summed E-state index contributed by atoms with van der Waals surface area (Å²) in [6, 6.07) is 6.09. The number of benzene rings is 1. The Kier molecular flexibility index (Phi) is 4.78. The normalized spacial score (nSPS) is 18.3. The summed E-state index contributed by atoms with van der Waals surface area (Å²) in [5.74, 6) is -0.0376. The number of nitrogens with zero attached hydrogens (tertiary/aromatic N) is 4. The number of anilines is 1. The Labute approximate surface area is 161 Å². The molecule has 0 bridgehead atoms. The van der Waals surface area contributed by atoms with Crippen LogP contribution < -0.4 is 4.90 Å². The topological polar surface area (TPSA) is 66.4 Å². The lowest BCUT2D eigenvalue weighted by Crippen LogP contribution is -2.49. The van der Waals surface area contributed by atoms with Gasteiger partial charge in [-0.3, -0.25) is 0 Å². The summed E-state index contributed by atoms with van der Waals surface area (Å²) < 4.78 is 65.8. The number of sulfonamides is 1. The minimum atomic E-state index is -4.55. The minimum absolute atomic E-state index is 0.0376. The number of alkyl halides is 3. The molecule has 0 radical (unpaired) electrons. The number of hydrogen-bond donors (Lipinski definition) is 0. The van der Waals surface area contributed by atoms with Crippen LogP contribution in [0.1, 0.15) is 23.2 Å². The molecule has 1 aromatic carbocycles. The first-order chi connectivity index (χ1) is 13.2. The Bertz CT molecular complexity index is 987. The molecule has 1 aliphatic heterocycles. The van der Waals surface area contributed by atoms with Gasteiger partial charge in [-0.15, -0.1) is 0 Å². The minimum Gasteiger partial charge on any atom is -0.338 e. The molecule has 1 saturated heterocycles. The highest BCUT2D eigenvalue weighted by Crippen LogP contribution is 2.29. The van der Waals surface area contributed by atoms with Crippen molar-refractivity contribution in [3.8, 4) is 0 Å². The molecular formula is C18H19F3N4O2S. The third-order valence-corrected chi connectivity index (χ3v) is 7.06.